The maximum atomic E-state index is 13.6. The van der Waals surface area contributed by atoms with Gasteiger partial charge in [-0.25, -0.2) is 0 Å². The van der Waals surface area contributed by atoms with Gasteiger partial charge in [-0.1, -0.05) is 48.0 Å². The second kappa shape index (κ2) is 10.7. The van der Waals surface area contributed by atoms with Crippen molar-refractivity contribution in [2.75, 3.05) is 50.2 Å². The predicted molar refractivity (Wildman–Crippen MR) is 145 cm³/mol. The van der Waals surface area contributed by atoms with Crippen molar-refractivity contribution in [2.24, 2.45) is 5.92 Å². The molecular formula is C29H32ClN3O3. The molecule has 1 fully saturated rings. The number of carbonyl (C=O) groups excluding carboxylic acids is 1. The van der Waals surface area contributed by atoms with Crippen LogP contribution in [0, 0.1) is 5.92 Å². The van der Waals surface area contributed by atoms with Crippen LogP contribution in [0.25, 0.3) is 0 Å². The van der Waals surface area contributed by atoms with Crippen LogP contribution in [-0.2, 0) is 17.6 Å². The third-order valence-corrected chi connectivity index (χ3v) is 7.63. The lowest BCUT2D eigenvalue weighted by Crippen LogP contribution is -2.61. The van der Waals surface area contributed by atoms with E-state index in [1.807, 2.05) is 36.4 Å². The number of fused-ring (bicyclic) bond motifs is 3. The third-order valence-electron chi connectivity index (χ3n) is 7.31. The number of piperazine rings is 1. The van der Waals surface area contributed by atoms with Crippen LogP contribution in [-0.4, -0.2) is 52.3 Å². The molecule has 5 rings (SSSR count). The lowest BCUT2D eigenvalue weighted by atomic mass is 9.83. The van der Waals surface area contributed by atoms with Gasteiger partial charge in [0.2, 0.25) is 5.91 Å². The summed E-state index contributed by atoms with van der Waals surface area (Å²) in [7, 11) is 3.26. The van der Waals surface area contributed by atoms with Crippen LogP contribution >= 0.6 is 11.6 Å². The number of halogens is 1. The van der Waals surface area contributed by atoms with Crippen molar-refractivity contribution >= 4 is 28.9 Å². The molecule has 3 aromatic rings. The van der Waals surface area contributed by atoms with E-state index in [1.54, 1.807) is 14.2 Å². The number of nitrogens with zero attached hydrogens (tertiary/aromatic N) is 2. The minimum Gasteiger partial charge on any atom is -0.493 e. The van der Waals surface area contributed by atoms with E-state index in [-0.39, 0.29) is 17.9 Å². The summed E-state index contributed by atoms with van der Waals surface area (Å²) in [5.41, 5.74) is 4.60. The molecule has 1 N–H and O–H groups in total. The van der Waals surface area contributed by atoms with Gasteiger partial charge in [0.1, 0.15) is 0 Å². The smallest absolute Gasteiger partial charge is 0.225 e. The largest absolute Gasteiger partial charge is 0.493 e. The van der Waals surface area contributed by atoms with Crippen LogP contribution in [0.5, 0.6) is 11.5 Å². The summed E-state index contributed by atoms with van der Waals surface area (Å²) in [6.45, 7) is 3.03. The molecule has 0 aromatic heterocycles. The zero-order valence-electron chi connectivity index (χ0n) is 20.7. The summed E-state index contributed by atoms with van der Waals surface area (Å²) in [6, 6.07) is 22.4. The Labute approximate surface area is 217 Å². The van der Waals surface area contributed by atoms with Crippen molar-refractivity contribution in [1.29, 1.82) is 0 Å². The molecule has 6 nitrogen and oxygen atoms in total. The average Bonchev–Trinajstić information content (AvgIpc) is 2.92. The Kier molecular flexibility index (Phi) is 7.23. The summed E-state index contributed by atoms with van der Waals surface area (Å²) in [4.78, 5) is 18.3. The van der Waals surface area contributed by atoms with E-state index in [0.717, 1.165) is 48.7 Å². The van der Waals surface area contributed by atoms with Gasteiger partial charge in [0.25, 0.3) is 0 Å². The summed E-state index contributed by atoms with van der Waals surface area (Å²) in [5, 5.41) is 3.96. The zero-order valence-corrected chi connectivity index (χ0v) is 21.5. The van der Waals surface area contributed by atoms with Crippen LogP contribution in [0.4, 0.5) is 11.4 Å². The number of carbonyl (C=O) groups is 1. The summed E-state index contributed by atoms with van der Waals surface area (Å²) in [6.07, 6.45) is 1.45. The maximum Gasteiger partial charge on any atom is 0.225 e. The first kappa shape index (κ1) is 24.3. The predicted octanol–water partition coefficient (Wildman–Crippen LogP) is 4.58. The van der Waals surface area contributed by atoms with Crippen LogP contribution in [0.3, 0.4) is 0 Å². The van der Waals surface area contributed by atoms with Crippen molar-refractivity contribution < 1.29 is 14.3 Å². The normalized spacial score (nSPS) is 18.8. The molecule has 7 heteroatoms. The van der Waals surface area contributed by atoms with Crippen LogP contribution in [0.15, 0.2) is 66.7 Å². The van der Waals surface area contributed by atoms with E-state index >= 15 is 0 Å². The summed E-state index contributed by atoms with van der Waals surface area (Å²) in [5.74, 6) is 1.35. The number of amides is 1. The molecule has 0 unspecified atom stereocenters. The number of hydrogen-bond acceptors (Lipinski definition) is 5. The summed E-state index contributed by atoms with van der Waals surface area (Å²) < 4.78 is 10.7. The maximum absolute atomic E-state index is 13.6. The van der Waals surface area contributed by atoms with Gasteiger partial charge in [-0.05, 0) is 54.3 Å². The highest BCUT2D eigenvalue weighted by Gasteiger charge is 2.41. The van der Waals surface area contributed by atoms with Gasteiger partial charge in [-0.3, -0.25) is 4.79 Å². The van der Waals surface area contributed by atoms with Crippen molar-refractivity contribution in [3.05, 3.63) is 82.9 Å². The molecule has 3 aromatic carbocycles. The van der Waals surface area contributed by atoms with E-state index in [2.05, 4.69) is 45.4 Å². The fourth-order valence-electron chi connectivity index (χ4n) is 5.48. The average molecular weight is 506 g/mol. The molecule has 2 aliphatic rings. The fourth-order valence-corrected chi connectivity index (χ4v) is 5.74. The molecule has 0 bridgehead atoms. The molecule has 0 saturated carbocycles. The standard InChI is InChI=1S/C29H32ClN3O3/c1-35-27-12-11-20(17-28(27)36-2)13-14-31-29(34)22-18-21-7-3-5-9-24(21)33-16-15-32(19-26(22)33)25-10-6-4-8-23(25)30/h3-12,17,22,26H,13-16,18-19H2,1-2H3,(H,31,34)/t22-,26+/m1/s1. The van der Waals surface area contributed by atoms with Crippen molar-refractivity contribution in [3.8, 4) is 11.5 Å². The molecule has 1 saturated heterocycles. The Morgan fingerprint density at radius 1 is 0.972 bits per heavy atom. The first-order valence-corrected chi connectivity index (χ1v) is 12.8. The van der Waals surface area contributed by atoms with Crippen LogP contribution in [0.2, 0.25) is 5.02 Å². The van der Waals surface area contributed by atoms with Gasteiger partial charge in [-0.2, -0.15) is 0 Å². The van der Waals surface area contributed by atoms with Crippen molar-refractivity contribution in [2.45, 2.75) is 18.9 Å². The highest BCUT2D eigenvalue weighted by atomic mass is 35.5. The number of para-hydroxylation sites is 2. The highest BCUT2D eigenvalue weighted by molar-refractivity contribution is 6.33. The SMILES string of the molecule is COc1ccc(CCNC(=O)[C@@H]2Cc3ccccc3N3CCN(c4ccccc4Cl)C[C@@H]23)cc1OC. The molecular weight excluding hydrogens is 474 g/mol. The molecule has 2 aliphatic heterocycles. The monoisotopic (exact) mass is 505 g/mol. The molecule has 2 atom stereocenters. The van der Waals surface area contributed by atoms with Crippen LogP contribution in [0.1, 0.15) is 11.1 Å². The molecule has 36 heavy (non-hydrogen) atoms. The second-order valence-corrected chi connectivity index (χ2v) is 9.74. The van der Waals surface area contributed by atoms with E-state index in [9.17, 15) is 4.79 Å². The van der Waals surface area contributed by atoms with E-state index in [4.69, 9.17) is 21.1 Å². The molecule has 0 radical (unpaired) electrons. The van der Waals surface area contributed by atoms with Gasteiger partial charge in [0.05, 0.1) is 36.9 Å². The third kappa shape index (κ3) is 4.82. The molecule has 2 heterocycles. The topological polar surface area (TPSA) is 54.0 Å². The molecule has 1 amide bonds. The first-order chi connectivity index (χ1) is 17.6. The lowest BCUT2D eigenvalue weighted by molar-refractivity contribution is -0.125. The number of ether oxygens (including phenoxy) is 2. The van der Waals surface area contributed by atoms with Gasteiger partial charge in [0.15, 0.2) is 11.5 Å². The molecule has 0 aliphatic carbocycles. The second-order valence-electron chi connectivity index (χ2n) is 9.33. The van der Waals surface area contributed by atoms with Crippen molar-refractivity contribution in [1.82, 2.24) is 5.32 Å². The van der Waals surface area contributed by atoms with Crippen LogP contribution < -0.4 is 24.6 Å². The Morgan fingerprint density at radius 2 is 1.72 bits per heavy atom. The number of benzene rings is 3. The van der Waals surface area contributed by atoms with Gasteiger partial charge in [-0.15, -0.1) is 0 Å². The number of hydrogen-bond donors (Lipinski definition) is 1. The quantitative estimate of drug-likeness (QED) is 0.509. The van der Waals surface area contributed by atoms with Crippen molar-refractivity contribution in [3.63, 3.8) is 0 Å². The summed E-state index contributed by atoms with van der Waals surface area (Å²) >= 11 is 6.53. The molecule has 0 spiro atoms. The Morgan fingerprint density at radius 3 is 2.50 bits per heavy atom. The lowest BCUT2D eigenvalue weighted by Gasteiger charge is -2.49. The Balaban J connectivity index is 1.32. The number of anilines is 2. The zero-order chi connectivity index (χ0) is 25.1. The van der Waals surface area contributed by atoms with E-state index < -0.39 is 0 Å². The van der Waals surface area contributed by atoms with Gasteiger partial charge < -0.3 is 24.6 Å². The molecule has 188 valence electrons. The van der Waals surface area contributed by atoms with Gasteiger partial charge >= 0.3 is 0 Å². The number of nitrogens with one attached hydrogen (secondary N) is 1. The Hall–Kier alpha value is -3.38. The van der Waals surface area contributed by atoms with E-state index in [1.165, 1.54) is 11.3 Å². The van der Waals surface area contributed by atoms with E-state index in [0.29, 0.717) is 18.0 Å². The number of rotatable bonds is 7. The minimum atomic E-state index is -0.143. The van der Waals surface area contributed by atoms with Gasteiger partial charge in [0, 0.05) is 31.9 Å². The fraction of sp³-hybridized carbons (Fsp3) is 0.345. The minimum absolute atomic E-state index is 0.0750. The highest BCUT2D eigenvalue weighted by Crippen LogP contribution is 2.38. The Bertz CT molecular complexity index is 1230. The first-order valence-electron chi connectivity index (χ1n) is 12.4. The number of methoxy groups -OCH3 is 2.